The molecule has 3 aromatic rings. The first kappa shape index (κ1) is 28.1. The Morgan fingerprint density at radius 3 is 2.36 bits per heavy atom. The maximum Gasteiger partial charge on any atom is 0.416 e. The molecule has 36 heavy (non-hydrogen) atoms. The van der Waals surface area contributed by atoms with E-state index in [4.69, 9.17) is 10.5 Å². The molecule has 0 radical (unpaired) electrons. The molecular formula is C26H27F3N4O3. The number of nitrogens with two attached hydrogens (primary N) is 1. The molecule has 10 heteroatoms. The molecule has 0 aliphatic rings. The van der Waals surface area contributed by atoms with E-state index in [2.05, 4.69) is 15.6 Å². The van der Waals surface area contributed by atoms with Crippen molar-refractivity contribution in [2.45, 2.75) is 20.0 Å². The highest BCUT2D eigenvalue weighted by molar-refractivity contribution is 6.05. The van der Waals surface area contributed by atoms with Crippen molar-refractivity contribution < 1.29 is 27.5 Å². The van der Waals surface area contributed by atoms with Crippen LogP contribution in [-0.4, -0.2) is 30.0 Å². The summed E-state index contributed by atoms with van der Waals surface area (Å²) in [5.74, 6) is -0.814. The molecule has 7 nitrogen and oxygen atoms in total. The van der Waals surface area contributed by atoms with Gasteiger partial charge in [-0.25, -0.2) is 4.98 Å². The van der Waals surface area contributed by atoms with E-state index in [0.717, 1.165) is 25.3 Å². The average molecular weight is 501 g/mol. The number of alkyl halides is 3. The van der Waals surface area contributed by atoms with Gasteiger partial charge in [-0.05, 0) is 61.9 Å². The lowest BCUT2D eigenvalue weighted by molar-refractivity contribution is -0.137. The molecule has 3 rings (SSSR count). The molecule has 0 bridgehead atoms. The standard InChI is InChI=1S/C22H17F3N4O2.C4H10O/c23-22(24,25)16-5-2-4-15(12-16)21(31)28-18-6-1-3-14(11-18)7-8-20(30)29-19-13-17(26)9-10-27-19;1-3-5-4-2/h1-13H,(H,28,31)(H3,26,27,29,30);3-4H2,1-2H3/b8-7+;. The van der Waals surface area contributed by atoms with Crippen molar-refractivity contribution in [1.82, 2.24) is 4.98 Å². The molecule has 0 spiro atoms. The number of aromatic nitrogens is 1. The lowest BCUT2D eigenvalue weighted by atomic mass is 10.1. The second kappa shape index (κ2) is 13.6. The first-order chi connectivity index (χ1) is 17.1. The number of benzene rings is 2. The molecule has 0 fully saturated rings. The Hall–Kier alpha value is -4.18. The Morgan fingerprint density at radius 2 is 1.72 bits per heavy atom. The summed E-state index contributed by atoms with van der Waals surface area (Å²) in [5, 5.41) is 5.11. The van der Waals surface area contributed by atoms with E-state index in [0.29, 0.717) is 22.8 Å². The number of amides is 2. The zero-order valence-corrected chi connectivity index (χ0v) is 19.8. The Bertz CT molecular complexity index is 1190. The van der Waals surface area contributed by atoms with Gasteiger partial charge in [-0.15, -0.1) is 0 Å². The predicted octanol–water partition coefficient (Wildman–Crippen LogP) is 5.63. The van der Waals surface area contributed by atoms with Crippen LogP contribution in [0.15, 0.2) is 72.9 Å². The van der Waals surface area contributed by atoms with Crippen LogP contribution in [0, 0.1) is 0 Å². The minimum atomic E-state index is -4.54. The zero-order chi connectivity index (χ0) is 26.6. The largest absolute Gasteiger partial charge is 0.416 e. The normalized spacial score (nSPS) is 10.9. The van der Waals surface area contributed by atoms with E-state index in [1.165, 1.54) is 36.5 Å². The number of hydrogen-bond acceptors (Lipinski definition) is 5. The van der Waals surface area contributed by atoms with Gasteiger partial charge in [0, 0.05) is 48.5 Å². The summed E-state index contributed by atoms with van der Waals surface area (Å²) in [7, 11) is 0. The molecule has 0 atom stereocenters. The van der Waals surface area contributed by atoms with Gasteiger partial charge in [0.25, 0.3) is 5.91 Å². The number of nitrogens with zero attached hydrogens (tertiary/aromatic N) is 1. The van der Waals surface area contributed by atoms with Crippen LogP contribution in [0.1, 0.15) is 35.3 Å². The third-order valence-corrected chi connectivity index (χ3v) is 4.47. The fourth-order valence-electron chi connectivity index (χ4n) is 2.82. The number of halogens is 3. The smallest absolute Gasteiger partial charge is 0.399 e. The first-order valence-corrected chi connectivity index (χ1v) is 11.0. The molecule has 0 saturated carbocycles. The number of hydrogen-bond donors (Lipinski definition) is 3. The van der Waals surface area contributed by atoms with Crippen molar-refractivity contribution in [2.75, 3.05) is 29.6 Å². The maximum atomic E-state index is 12.8. The molecule has 0 aliphatic carbocycles. The van der Waals surface area contributed by atoms with Crippen molar-refractivity contribution in [2.24, 2.45) is 0 Å². The quantitative estimate of drug-likeness (QED) is 0.365. The van der Waals surface area contributed by atoms with Crippen molar-refractivity contribution in [3.63, 3.8) is 0 Å². The summed E-state index contributed by atoms with van der Waals surface area (Å²) in [5.41, 5.74) is 6.02. The average Bonchev–Trinajstić information content (AvgIpc) is 2.83. The maximum absolute atomic E-state index is 12.8. The van der Waals surface area contributed by atoms with Crippen LogP contribution in [-0.2, 0) is 15.7 Å². The summed E-state index contributed by atoms with van der Waals surface area (Å²) in [6, 6.07) is 13.7. The lowest BCUT2D eigenvalue weighted by Gasteiger charge is -2.09. The van der Waals surface area contributed by atoms with Gasteiger partial charge in [-0.2, -0.15) is 13.2 Å². The topological polar surface area (TPSA) is 106 Å². The summed E-state index contributed by atoms with van der Waals surface area (Å²) in [6.45, 7) is 5.67. The van der Waals surface area contributed by atoms with Crippen LogP contribution in [0.2, 0.25) is 0 Å². The molecule has 0 unspecified atom stereocenters. The molecule has 2 aromatic carbocycles. The Labute approximate surface area is 207 Å². The Kier molecular flexibility index (Phi) is 10.6. The number of nitrogen functional groups attached to an aromatic ring is 1. The van der Waals surface area contributed by atoms with Crippen LogP contribution in [0.5, 0.6) is 0 Å². The van der Waals surface area contributed by atoms with Crippen molar-refractivity contribution in [3.05, 3.63) is 89.6 Å². The number of ether oxygens (including phenoxy) is 1. The molecule has 0 saturated heterocycles. The second-order valence-corrected chi connectivity index (χ2v) is 7.24. The molecule has 2 amide bonds. The molecule has 0 aliphatic heterocycles. The number of anilines is 3. The van der Waals surface area contributed by atoms with Gasteiger partial charge in [0.1, 0.15) is 5.82 Å². The number of pyridine rings is 1. The van der Waals surface area contributed by atoms with E-state index >= 15 is 0 Å². The third kappa shape index (κ3) is 9.59. The molecule has 1 aromatic heterocycles. The minimum absolute atomic E-state index is 0.121. The molecule has 190 valence electrons. The first-order valence-electron chi connectivity index (χ1n) is 11.0. The van der Waals surface area contributed by atoms with Gasteiger partial charge in [0.2, 0.25) is 5.91 Å². The monoisotopic (exact) mass is 500 g/mol. The van der Waals surface area contributed by atoms with Gasteiger partial charge in [0.05, 0.1) is 5.56 Å². The molecule has 1 heterocycles. The Balaban J connectivity index is 0.000000830. The fraction of sp³-hybridized carbons (Fsp3) is 0.192. The van der Waals surface area contributed by atoms with Crippen LogP contribution in [0.3, 0.4) is 0 Å². The predicted molar refractivity (Wildman–Crippen MR) is 134 cm³/mol. The lowest BCUT2D eigenvalue weighted by Crippen LogP contribution is -2.14. The summed E-state index contributed by atoms with van der Waals surface area (Å²) >= 11 is 0. The van der Waals surface area contributed by atoms with E-state index in [-0.39, 0.29) is 5.56 Å². The second-order valence-electron chi connectivity index (χ2n) is 7.24. The Morgan fingerprint density at radius 1 is 1.00 bits per heavy atom. The number of carbonyl (C=O) groups excluding carboxylic acids is 2. The highest BCUT2D eigenvalue weighted by Gasteiger charge is 2.30. The van der Waals surface area contributed by atoms with E-state index in [1.54, 1.807) is 30.3 Å². The van der Waals surface area contributed by atoms with Gasteiger partial charge >= 0.3 is 6.18 Å². The van der Waals surface area contributed by atoms with Crippen molar-refractivity contribution in [1.29, 1.82) is 0 Å². The number of rotatable bonds is 7. The van der Waals surface area contributed by atoms with Crippen LogP contribution >= 0.6 is 0 Å². The van der Waals surface area contributed by atoms with Crippen LogP contribution < -0.4 is 16.4 Å². The summed E-state index contributed by atoms with van der Waals surface area (Å²) in [6.07, 6.45) is -0.284. The van der Waals surface area contributed by atoms with Gasteiger partial charge in [0.15, 0.2) is 0 Å². The summed E-state index contributed by atoms with van der Waals surface area (Å²) in [4.78, 5) is 28.3. The van der Waals surface area contributed by atoms with Crippen LogP contribution in [0.4, 0.5) is 30.4 Å². The zero-order valence-electron chi connectivity index (χ0n) is 19.8. The fourth-order valence-corrected chi connectivity index (χ4v) is 2.82. The van der Waals surface area contributed by atoms with Crippen molar-refractivity contribution >= 4 is 35.1 Å². The van der Waals surface area contributed by atoms with E-state index < -0.39 is 23.6 Å². The van der Waals surface area contributed by atoms with Gasteiger partial charge < -0.3 is 21.1 Å². The van der Waals surface area contributed by atoms with E-state index in [1.807, 2.05) is 13.8 Å². The number of carbonyl (C=O) groups is 2. The van der Waals surface area contributed by atoms with Gasteiger partial charge in [-0.3, -0.25) is 9.59 Å². The molecule has 4 N–H and O–H groups in total. The van der Waals surface area contributed by atoms with Gasteiger partial charge in [-0.1, -0.05) is 18.2 Å². The van der Waals surface area contributed by atoms with Crippen LogP contribution in [0.25, 0.3) is 6.08 Å². The summed E-state index contributed by atoms with van der Waals surface area (Å²) < 4.78 is 43.3. The highest BCUT2D eigenvalue weighted by Crippen LogP contribution is 2.29. The van der Waals surface area contributed by atoms with E-state index in [9.17, 15) is 22.8 Å². The molecular weight excluding hydrogens is 473 g/mol. The van der Waals surface area contributed by atoms with Crippen molar-refractivity contribution in [3.8, 4) is 0 Å². The SMILES string of the molecule is CCOCC.Nc1ccnc(NC(=O)/C=C/c2cccc(NC(=O)c3cccc(C(F)(F)F)c3)c2)c1. The minimum Gasteiger partial charge on any atom is -0.399 e. The number of nitrogens with one attached hydrogen (secondary N) is 2. The highest BCUT2D eigenvalue weighted by atomic mass is 19.4. The third-order valence-electron chi connectivity index (χ3n) is 4.47.